The van der Waals surface area contributed by atoms with Crippen molar-refractivity contribution in [3.8, 4) is 11.8 Å². The maximum Gasteiger partial charge on any atom is 0.261 e. The van der Waals surface area contributed by atoms with Crippen molar-refractivity contribution in [2.45, 2.75) is 13.5 Å². The fourth-order valence-corrected chi connectivity index (χ4v) is 2.59. The Morgan fingerprint density at radius 1 is 1.55 bits per heavy atom. The second kappa shape index (κ2) is 6.85. The molecule has 0 fully saturated rings. The molecular formula is C15H15N3OS. The van der Waals surface area contributed by atoms with Crippen LogP contribution in [0.4, 0.5) is 0 Å². The molecule has 0 aliphatic heterocycles. The van der Waals surface area contributed by atoms with E-state index in [9.17, 15) is 4.79 Å². The Hall–Kier alpha value is -2.16. The predicted molar refractivity (Wildman–Crippen MR) is 80.4 cm³/mol. The first-order valence-corrected chi connectivity index (χ1v) is 6.99. The Balaban J connectivity index is 2.03. The molecule has 20 heavy (non-hydrogen) atoms. The molecule has 102 valence electrons. The molecule has 0 saturated carbocycles. The number of hydrogen-bond acceptors (Lipinski definition) is 4. The van der Waals surface area contributed by atoms with Crippen LogP contribution in [0.15, 0.2) is 30.6 Å². The van der Waals surface area contributed by atoms with Crippen molar-refractivity contribution in [2.75, 3.05) is 6.54 Å². The van der Waals surface area contributed by atoms with Gasteiger partial charge in [0.1, 0.15) is 0 Å². The third kappa shape index (κ3) is 3.67. The minimum Gasteiger partial charge on any atom is -0.347 e. The summed E-state index contributed by atoms with van der Waals surface area (Å²) in [6.07, 6.45) is 3.44. The van der Waals surface area contributed by atoms with Crippen LogP contribution in [0.2, 0.25) is 0 Å². The number of nitrogens with one attached hydrogen (secondary N) is 1. The predicted octanol–water partition coefficient (Wildman–Crippen LogP) is 1.69. The van der Waals surface area contributed by atoms with E-state index >= 15 is 0 Å². The zero-order chi connectivity index (χ0) is 14.4. The van der Waals surface area contributed by atoms with Gasteiger partial charge in [-0.05, 0) is 30.2 Å². The van der Waals surface area contributed by atoms with Crippen LogP contribution in [0.25, 0.3) is 0 Å². The molecule has 2 heterocycles. The summed E-state index contributed by atoms with van der Waals surface area (Å²) in [5, 5.41) is 2.87. The second-order valence-electron chi connectivity index (χ2n) is 4.17. The number of nitrogens with two attached hydrogens (primary N) is 1. The number of aryl methyl sites for hydroxylation is 1. The number of hydrogen-bond donors (Lipinski definition) is 2. The minimum absolute atomic E-state index is 0.0947. The van der Waals surface area contributed by atoms with Gasteiger partial charge in [-0.25, -0.2) is 0 Å². The number of carbonyl (C=O) groups is 1. The average Bonchev–Trinajstić information content (AvgIpc) is 2.85. The van der Waals surface area contributed by atoms with Crippen LogP contribution < -0.4 is 11.1 Å². The van der Waals surface area contributed by atoms with E-state index in [1.54, 1.807) is 12.4 Å². The van der Waals surface area contributed by atoms with Gasteiger partial charge < -0.3 is 11.1 Å². The maximum atomic E-state index is 12.1. The van der Waals surface area contributed by atoms with Crippen LogP contribution in [0.5, 0.6) is 0 Å². The van der Waals surface area contributed by atoms with Gasteiger partial charge in [-0.3, -0.25) is 9.78 Å². The van der Waals surface area contributed by atoms with Gasteiger partial charge in [0.05, 0.1) is 16.3 Å². The number of nitrogens with zero attached hydrogens (tertiary/aromatic N) is 1. The van der Waals surface area contributed by atoms with Gasteiger partial charge in [-0.1, -0.05) is 17.9 Å². The number of carbonyl (C=O) groups excluding carboxylic acids is 1. The Morgan fingerprint density at radius 3 is 3.10 bits per heavy atom. The van der Waals surface area contributed by atoms with E-state index in [2.05, 4.69) is 22.1 Å². The molecule has 0 aliphatic rings. The highest BCUT2D eigenvalue weighted by Gasteiger charge is 2.11. The number of amides is 1. The van der Waals surface area contributed by atoms with Crippen LogP contribution in [0, 0.1) is 18.8 Å². The monoisotopic (exact) mass is 285 g/mol. The molecule has 3 N–H and O–H groups in total. The zero-order valence-electron chi connectivity index (χ0n) is 11.1. The zero-order valence-corrected chi connectivity index (χ0v) is 12.0. The van der Waals surface area contributed by atoms with Gasteiger partial charge in [0.25, 0.3) is 5.91 Å². The third-order valence-corrected chi connectivity index (χ3v) is 3.77. The standard InChI is InChI=1S/C15H15N3OS/c1-11-8-14(20-13(11)5-2-6-16)15(19)18-10-12-4-3-7-17-9-12/h3-4,7-9H,6,10,16H2,1H3,(H,18,19). The van der Waals surface area contributed by atoms with E-state index in [0.717, 1.165) is 16.0 Å². The third-order valence-electron chi connectivity index (χ3n) is 2.62. The Morgan fingerprint density at radius 2 is 2.40 bits per heavy atom. The summed E-state index contributed by atoms with van der Waals surface area (Å²) >= 11 is 1.39. The summed E-state index contributed by atoms with van der Waals surface area (Å²) in [6, 6.07) is 5.62. The van der Waals surface area contributed by atoms with Gasteiger partial charge in [0.2, 0.25) is 0 Å². The molecule has 2 aromatic heterocycles. The summed E-state index contributed by atoms with van der Waals surface area (Å²) in [5.41, 5.74) is 7.32. The highest BCUT2D eigenvalue weighted by atomic mass is 32.1. The molecule has 0 spiro atoms. The van der Waals surface area contributed by atoms with Crippen LogP contribution >= 0.6 is 11.3 Å². The summed E-state index contributed by atoms with van der Waals surface area (Å²) < 4.78 is 0. The lowest BCUT2D eigenvalue weighted by Gasteiger charge is -2.02. The average molecular weight is 285 g/mol. The van der Waals surface area contributed by atoms with Gasteiger partial charge >= 0.3 is 0 Å². The quantitative estimate of drug-likeness (QED) is 0.843. The first-order valence-electron chi connectivity index (χ1n) is 6.17. The fourth-order valence-electron chi connectivity index (χ4n) is 1.62. The lowest BCUT2D eigenvalue weighted by atomic mass is 10.2. The molecule has 0 saturated heterocycles. The number of thiophene rings is 1. The molecule has 0 atom stereocenters. The molecule has 0 unspecified atom stereocenters. The smallest absolute Gasteiger partial charge is 0.261 e. The van der Waals surface area contributed by atoms with Crippen molar-refractivity contribution in [3.05, 3.63) is 51.5 Å². The van der Waals surface area contributed by atoms with Gasteiger partial charge in [-0.15, -0.1) is 11.3 Å². The summed E-state index contributed by atoms with van der Waals surface area (Å²) in [4.78, 5) is 17.6. The van der Waals surface area contributed by atoms with E-state index in [4.69, 9.17) is 5.73 Å². The molecule has 1 amide bonds. The first-order chi connectivity index (χ1) is 9.70. The number of pyridine rings is 1. The lowest BCUT2D eigenvalue weighted by molar-refractivity contribution is 0.0955. The second-order valence-corrected chi connectivity index (χ2v) is 5.22. The maximum absolute atomic E-state index is 12.1. The van der Waals surface area contributed by atoms with Crippen molar-refractivity contribution in [1.29, 1.82) is 0 Å². The van der Waals surface area contributed by atoms with E-state index in [0.29, 0.717) is 18.0 Å². The Kier molecular flexibility index (Phi) is 4.88. The van der Waals surface area contributed by atoms with Gasteiger partial charge in [0, 0.05) is 18.9 Å². The van der Waals surface area contributed by atoms with Gasteiger partial charge in [0.15, 0.2) is 0 Å². The molecule has 2 aromatic rings. The van der Waals surface area contributed by atoms with Crippen molar-refractivity contribution in [3.63, 3.8) is 0 Å². The normalized spacial score (nSPS) is 9.70. The molecule has 2 rings (SSSR count). The summed E-state index contributed by atoms with van der Waals surface area (Å²) in [7, 11) is 0. The minimum atomic E-state index is -0.0947. The topological polar surface area (TPSA) is 68.0 Å². The molecule has 0 aliphatic carbocycles. The first kappa shape index (κ1) is 14.3. The molecule has 5 heteroatoms. The molecule has 0 bridgehead atoms. The van der Waals surface area contributed by atoms with Crippen molar-refractivity contribution < 1.29 is 4.79 Å². The number of rotatable bonds is 3. The summed E-state index contributed by atoms with van der Waals surface area (Å²) in [6.45, 7) is 2.72. The lowest BCUT2D eigenvalue weighted by Crippen LogP contribution is -2.21. The largest absolute Gasteiger partial charge is 0.347 e. The summed E-state index contributed by atoms with van der Waals surface area (Å²) in [5.74, 6) is 5.68. The van der Waals surface area contributed by atoms with Crippen molar-refractivity contribution in [1.82, 2.24) is 10.3 Å². The van der Waals surface area contributed by atoms with E-state index in [-0.39, 0.29) is 5.91 Å². The van der Waals surface area contributed by atoms with E-state index < -0.39 is 0 Å². The molecular weight excluding hydrogens is 270 g/mol. The highest BCUT2D eigenvalue weighted by Crippen LogP contribution is 2.20. The fraction of sp³-hybridized carbons (Fsp3) is 0.200. The molecule has 0 radical (unpaired) electrons. The number of aromatic nitrogens is 1. The van der Waals surface area contributed by atoms with Crippen LogP contribution in [0.3, 0.4) is 0 Å². The van der Waals surface area contributed by atoms with Crippen molar-refractivity contribution in [2.24, 2.45) is 5.73 Å². The Labute approximate surface area is 122 Å². The van der Waals surface area contributed by atoms with Gasteiger partial charge in [-0.2, -0.15) is 0 Å². The van der Waals surface area contributed by atoms with Crippen LogP contribution in [0.1, 0.15) is 25.7 Å². The van der Waals surface area contributed by atoms with Crippen LogP contribution in [-0.4, -0.2) is 17.4 Å². The molecule has 0 aromatic carbocycles. The van der Waals surface area contributed by atoms with E-state index in [1.165, 1.54) is 11.3 Å². The van der Waals surface area contributed by atoms with Crippen molar-refractivity contribution >= 4 is 17.2 Å². The highest BCUT2D eigenvalue weighted by molar-refractivity contribution is 7.14. The molecule has 4 nitrogen and oxygen atoms in total. The SMILES string of the molecule is Cc1cc(C(=O)NCc2cccnc2)sc1C#CCN. The Bertz CT molecular complexity index is 653. The van der Waals surface area contributed by atoms with E-state index in [1.807, 2.05) is 25.1 Å². The van der Waals surface area contributed by atoms with Crippen LogP contribution in [-0.2, 0) is 6.54 Å².